The number of rotatable bonds is 3. The van der Waals surface area contributed by atoms with Crippen molar-refractivity contribution in [2.24, 2.45) is 11.7 Å². The van der Waals surface area contributed by atoms with E-state index < -0.39 is 5.09 Å². The predicted octanol–water partition coefficient (Wildman–Crippen LogP) is 1.13. The van der Waals surface area contributed by atoms with Crippen molar-refractivity contribution in [2.75, 3.05) is 6.61 Å². The first-order chi connectivity index (χ1) is 5.68. The van der Waals surface area contributed by atoms with Crippen molar-refractivity contribution in [3.63, 3.8) is 0 Å². The van der Waals surface area contributed by atoms with Crippen molar-refractivity contribution in [1.29, 1.82) is 0 Å². The Morgan fingerprint density at radius 2 is 2.23 bits per heavy atom. The van der Waals surface area contributed by atoms with Gasteiger partial charge in [-0.2, -0.15) is 0 Å². The summed E-state index contributed by atoms with van der Waals surface area (Å²) in [5, 5.41) is 9.14. The highest BCUT2D eigenvalue weighted by atomic mass is 35.5. The SMILES string of the molecule is Cl.NC1CCCC(CO[N+](=O)[O-])C1. The van der Waals surface area contributed by atoms with E-state index in [-0.39, 0.29) is 31.0 Å². The third-order valence-corrected chi connectivity index (χ3v) is 2.24. The van der Waals surface area contributed by atoms with Gasteiger partial charge in [0, 0.05) is 6.04 Å². The molecule has 0 amide bonds. The Morgan fingerprint density at radius 3 is 2.77 bits per heavy atom. The van der Waals surface area contributed by atoms with Gasteiger partial charge in [0.15, 0.2) is 0 Å². The quantitative estimate of drug-likeness (QED) is 0.560. The Morgan fingerprint density at radius 1 is 1.54 bits per heavy atom. The van der Waals surface area contributed by atoms with Gasteiger partial charge in [-0.3, -0.25) is 0 Å². The van der Waals surface area contributed by atoms with Gasteiger partial charge >= 0.3 is 0 Å². The van der Waals surface area contributed by atoms with Crippen molar-refractivity contribution >= 4 is 12.4 Å². The molecule has 1 fully saturated rings. The molecule has 0 heterocycles. The summed E-state index contributed by atoms with van der Waals surface area (Å²) >= 11 is 0. The second kappa shape index (κ2) is 5.99. The van der Waals surface area contributed by atoms with Gasteiger partial charge in [0.25, 0.3) is 5.09 Å². The maximum atomic E-state index is 9.88. The van der Waals surface area contributed by atoms with Gasteiger partial charge in [0.1, 0.15) is 0 Å². The Hall–Kier alpha value is -0.550. The van der Waals surface area contributed by atoms with E-state index in [1.807, 2.05) is 0 Å². The summed E-state index contributed by atoms with van der Waals surface area (Å²) in [7, 11) is 0. The molecule has 0 aromatic rings. The summed E-state index contributed by atoms with van der Waals surface area (Å²) in [4.78, 5) is 14.2. The molecule has 0 radical (unpaired) electrons. The van der Waals surface area contributed by atoms with Crippen LogP contribution < -0.4 is 5.73 Å². The van der Waals surface area contributed by atoms with Gasteiger partial charge in [-0.15, -0.1) is 22.5 Å². The fraction of sp³-hybridized carbons (Fsp3) is 1.00. The van der Waals surface area contributed by atoms with Crippen LogP contribution in [0.25, 0.3) is 0 Å². The monoisotopic (exact) mass is 210 g/mol. The molecule has 78 valence electrons. The minimum absolute atomic E-state index is 0. The van der Waals surface area contributed by atoms with E-state index in [0.29, 0.717) is 0 Å². The fourth-order valence-corrected chi connectivity index (χ4v) is 1.65. The normalized spacial score (nSPS) is 27.5. The Labute approximate surface area is 83.1 Å². The van der Waals surface area contributed by atoms with Crippen LogP contribution in [0, 0.1) is 16.0 Å². The van der Waals surface area contributed by atoms with Crippen molar-refractivity contribution < 1.29 is 9.92 Å². The maximum absolute atomic E-state index is 9.88. The van der Waals surface area contributed by atoms with E-state index in [2.05, 4.69) is 4.84 Å². The molecule has 1 aliphatic carbocycles. The number of nitrogens with zero attached hydrogens (tertiary/aromatic N) is 1. The average molecular weight is 211 g/mol. The highest BCUT2D eigenvalue weighted by molar-refractivity contribution is 5.85. The molecule has 0 aromatic heterocycles. The van der Waals surface area contributed by atoms with Crippen LogP contribution in [-0.2, 0) is 4.84 Å². The molecule has 1 saturated carbocycles. The lowest BCUT2D eigenvalue weighted by molar-refractivity contribution is -0.759. The van der Waals surface area contributed by atoms with E-state index in [4.69, 9.17) is 5.73 Å². The first kappa shape index (κ1) is 12.4. The summed E-state index contributed by atoms with van der Waals surface area (Å²) in [6.07, 6.45) is 3.96. The molecule has 5 nitrogen and oxygen atoms in total. The van der Waals surface area contributed by atoms with E-state index in [0.717, 1.165) is 25.7 Å². The number of halogens is 1. The van der Waals surface area contributed by atoms with Crippen LogP contribution in [0.3, 0.4) is 0 Å². The zero-order valence-corrected chi connectivity index (χ0v) is 8.16. The van der Waals surface area contributed by atoms with Gasteiger partial charge in [-0.1, -0.05) is 6.42 Å². The van der Waals surface area contributed by atoms with Crippen LogP contribution in [-0.4, -0.2) is 17.7 Å². The van der Waals surface area contributed by atoms with Crippen LogP contribution in [0.1, 0.15) is 25.7 Å². The molecule has 6 heteroatoms. The minimum atomic E-state index is -0.736. The maximum Gasteiger partial charge on any atom is 0.294 e. The highest BCUT2D eigenvalue weighted by Crippen LogP contribution is 2.22. The lowest BCUT2D eigenvalue weighted by Gasteiger charge is -2.25. The lowest BCUT2D eigenvalue weighted by Crippen LogP contribution is -2.30. The molecule has 2 unspecified atom stereocenters. The molecular weight excluding hydrogens is 196 g/mol. The largest absolute Gasteiger partial charge is 0.328 e. The van der Waals surface area contributed by atoms with Crippen molar-refractivity contribution in [3.05, 3.63) is 10.1 Å². The number of nitrogens with two attached hydrogens (primary N) is 1. The van der Waals surface area contributed by atoms with E-state index >= 15 is 0 Å². The van der Waals surface area contributed by atoms with E-state index in [1.165, 1.54) is 0 Å². The Kier molecular flexibility index (Phi) is 5.73. The third kappa shape index (κ3) is 4.90. The van der Waals surface area contributed by atoms with Gasteiger partial charge in [-0.25, -0.2) is 0 Å². The predicted molar refractivity (Wildman–Crippen MR) is 50.1 cm³/mol. The van der Waals surface area contributed by atoms with Gasteiger partial charge in [-0.05, 0) is 25.2 Å². The van der Waals surface area contributed by atoms with Gasteiger partial charge in [0.05, 0.1) is 6.61 Å². The molecule has 0 aromatic carbocycles. The summed E-state index contributed by atoms with van der Waals surface area (Å²) in [6.45, 7) is 0.209. The van der Waals surface area contributed by atoms with Gasteiger partial charge in [0.2, 0.25) is 0 Å². The Balaban J connectivity index is 0.00000144. The Bertz CT molecular complexity index is 168. The van der Waals surface area contributed by atoms with Crippen LogP contribution in [0.15, 0.2) is 0 Å². The third-order valence-electron chi connectivity index (χ3n) is 2.24. The molecule has 0 saturated heterocycles. The summed E-state index contributed by atoms with van der Waals surface area (Å²) < 4.78 is 0. The van der Waals surface area contributed by atoms with Crippen LogP contribution in [0.5, 0.6) is 0 Å². The summed E-state index contributed by atoms with van der Waals surface area (Å²) in [6, 6.07) is 0.208. The first-order valence-corrected chi connectivity index (χ1v) is 4.21. The molecule has 2 atom stereocenters. The van der Waals surface area contributed by atoms with Crippen LogP contribution in [0.2, 0.25) is 0 Å². The van der Waals surface area contributed by atoms with Crippen molar-refractivity contribution in [3.8, 4) is 0 Å². The molecule has 0 bridgehead atoms. The second-order valence-corrected chi connectivity index (χ2v) is 3.31. The summed E-state index contributed by atoms with van der Waals surface area (Å²) in [5.41, 5.74) is 5.71. The first-order valence-electron chi connectivity index (χ1n) is 4.21. The fourth-order valence-electron chi connectivity index (χ4n) is 1.65. The molecule has 2 N–H and O–H groups in total. The zero-order valence-electron chi connectivity index (χ0n) is 7.35. The number of hydrogen-bond acceptors (Lipinski definition) is 4. The molecule has 0 aliphatic heterocycles. The van der Waals surface area contributed by atoms with E-state index in [9.17, 15) is 10.1 Å². The van der Waals surface area contributed by atoms with Gasteiger partial charge < -0.3 is 10.6 Å². The topological polar surface area (TPSA) is 78.4 Å². The highest BCUT2D eigenvalue weighted by Gasteiger charge is 2.19. The van der Waals surface area contributed by atoms with E-state index in [1.54, 1.807) is 0 Å². The lowest BCUT2D eigenvalue weighted by atomic mass is 9.87. The molecule has 0 spiro atoms. The van der Waals surface area contributed by atoms with Crippen LogP contribution in [0.4, 0.5) is 0 Å². The van der Waals surface area contributed by atoms with Crippen molar-refractivity contribution in [2.45, 2.75) is 31.7 Å². The standard InChI is InChI=1S/C7H14N2O3.ClH/c8-7-3-1-2-6(4-7)5-12-9(10)11;/h6-7H,1-5,8H2;1H. The summed E-state index contributed by atoms with van der Waals surface area (Å²) in [5.74, 6) is 0.277. The van der Waals surface area contributed by atoms with Crippen LogP contribution >= 0.6 is 12.4 Å². The second-order valence-electron chi connectivity index (χ2n) is 3.31. The van der Waals surface area contributed by atoms with Crippen molar-refractivity contribution in [1.82, 2.24) is 0 Å². The minimum Gasteiger partial charge on any atom is -0.328 e. The molecule has 1 rings (SSSR count). The molecular formula is C7H15ClN2O3. The zero-order chi connectivity index (χ0) is 8.97. The average Bonchev–Trinajstić information content (AvgIpc) is 2.01. The number of hydrogen-bond donors (Lipinski definition) is 1. The molecule has 13 heavy (non-hydrogen) atoms. The smallest absolute Gasteiger partial charge is 0.294 e. The molecule has 1 aliphatic rings.